The Hall–Kier alpha value is -3.29. The van der Waals surface area contributed by atoms with Crippen LogP contribution in [-0.4, -0.2) is 22.8 Å². The molecule has 0 saturated heterocycles. The van der Waals surface area contributed by atoms with Crippen LogP contribution >= 0.6 is 34.8 Å². The number of ether oxygens (including phenoxy) is 1. The van der Waals surface area contributed by atoms with E-state index in [-0.39, 0.29) is 18.1 Å². The van der Waals surface area contributed by atoms with Crippen molar-refractivity contribution < 1.29 is 19.2 Å². The van der Waals surface area contributed by atoms with Crippen LogP contribution in [0, 0.1) is 0 Å². The zero-order valence-electron chi connectivity index (χ0n) is 21.2. The van der Waals surface area contributed by atoms with E-state index in [0.717, 1.165) is 22.3 Å². The number of nitrogens with two attached hydrogens (primary N) is 1. The number of aromatic nitrogens is 1. The summed E-state index contributed by atoms with van der Waals surface area (Å²) < 4.78 is 11.8. The van der Waals surface area contributed by atoms with Gasteiger partial charge in [0, 0.05) is 18.0 Å². The molecule has 5 rings (SSSR count). The normalized spacial score (nSPS) is 16.3. The molecule has 0 radical (unpaired) electrons. The number of hydrogen-bond donors (Lipinski definition) is 2. The number of hydrogen-bond acceptors (Lipinski definition) is 5. The van der Waals surface area contributed by atoms with Crippen LogP contribution in [0.1, 0.15) is 52.6 Å². The molecule has 0 amide bonds. The van der Waals surface area contributed by atoms with Crippen LogP contribution in [0.3, 0.4) is 0 Å². The van der Waals surface area contributed by atoms with Crippen molar-refractivity contribution in [3.63, 3.8) is 0 Å². The molecular weight excluding hydrogens is 559 g/mol. The minimum Gasteiger partial charge on any atom is -0.489 e. The van der Waals surface area contributed by atoms with Crippen LogP contribution in [0.5, 0.6) is 5.75 Å². The van der Waals surface area contributed by atoms with Crippen molar-refractivity contribution in [3.05, 3.63) is 110 Å². The van der Waals surface area contributed by atoms with Crippen LogP contribution < -0.4 is 10.5 Å². The lowest BCUT2D eigenvalue weighted by atomic mass is 9.87. The zero-order chi connectivity index (χ0) is 27.9. The molecule has 1 aliphatic carbocycles. The van der Waals surface area contributed by atoms with Crippen molar-refractivity contribution >= 4 is 46.3 Å². The monoisotopic (exact) mass is 582 g/mol. The number of carboxylic acid groups (broad SMARTS) is 1. The maximum atomic E-state index is 11.2. The lowest BCUT2D eigenvalue weighted by Gasteiger charge is -2.18. The van der Waals surface area contributed by atoms with Gasteiger partial charge in [0.25, 0.3) is 0 Å². The summed E-state index contributed by atoms with van der Waals surface area (Å²) in [6, 6.07) is 17.5. The minimum atomic E-state index is -0.972. The van der Waals surface area contributed by atoms with E-state index in [1.54, 1.807) is 48.5 Å². The number of aromatic carboxylic acids is 1. The summed E-state index contributed by atoms with van der Waals surface area (Å²) in [6.07, 6.45) is 2.05. The van der Waals surface area contributed by atoms with Crippen molar-refractivity contribution in [2.24, 2.45) is 5.73 Å². The van der Waals surface area contributed by atoms with Gasteiger partial charge < -0.3 is 20.1 Å². The molecule has 0 saturated carbocycles. The summed E-state index contributed by atoms with van der Waals surface area (Å²) in [5, 5.41) is 14.9. The van der Waals surface area contributed by atoms with E-state index in [2.05, 4.69) is 11.2 Å². The Labute approximate surface area is 240 Å². The Morgan fingerprint density at radius 2 is 1.74 bits per heavy atom. The second-order valence-corrected chi connectivity index (χ2v) is 10.9. The fraction of sp³-hybridized carbons (Fsp3) is 0.200. The van der Waals surface area contributed by atoms with Gasteiger partial charge in [-0.15, -0.1) is 0 Å². The Kier molecular flexibility index (Phi) is 7.49. The molecule has 1 aliphatic rings. The molecule has 0 bridgehead atoms. The Balaban J connectivity index is 1.38. The van der Waals surface area contributed by atoms with Crippen LogP contribution in [-0.2, 0) is 12.0 Å². The van der Waals surface area contributed by atoms with Crippen molar-refractivity contribution in [2.75, 3.05) is 6.54 Å². The summed E-state index contributed by atoms with van der Waals surface area (Å²) in [5.74, 6) is 0.349. The van der Waals surface area contributed by atoms with E-state index < -0.39 is 11.4 Å². The van der Waals surface area contributed by atoms with E-state index >= 15 is 0 Å². The summed E-state index contributed by atoms with van der Waals surface area (Å²) in [7, 11) is 0. The van der Waals surface area contributed by atoms with Crippen LogP contribution in [0.25, 0.3) is 16.8 Å². The first-order valence-electron chi connectivity index (χ1n) is 12.3. The quantitative estimate of drug-likeness (QED) is 0.207. The first-order valence-corrected chi connectivity index (χ1v) is 13.4. The van der Waals surface area contributed by atoms with E-state index in [1.165, 1.54) is 0 Å². The van der Waals surface area contributed by atoms with E-state index in [0.29, 0.717) is 44.4 Å². The molecule has 200 valence electrons. The second kappa shape index (κ2) is 10.7. The average molecular weight is 584 g/mol. The van der Waals surface area contributed by atoms with Crippen LogP contribution in [0.4, 0.5) is 0 Å². The number of carbonyl (C=O) groups is 1. The van der Waals surface area contributed by atoms with Crippen LogP contribution in [0.15, 0.2) is 71.3 Å². The topological polar surface area (TPSA) is 98.6 Å². The highest BCUT2D eigenvalue weighted by Gasteiger charge is 2.45. The fourth-order valence-electron chi connectivity index (χ4n) is 4.76. The molecule has 6 nitrogen and oxygen atoms in total. The smallest absolute Gasteiger partial charge is 0.335 e. The van der Waals surface area contributed by atoms with Gasteiger partial charge >= 0.3 is 5.97 Å². The first kappa shape index (κ1) is 27.3. The predicted molar refractivity (Wildman–Crippen MR) is 154 cm³/mol. The maximum Gasteiger partial charge on any atom is 0.335 e. The Morgan fingerprint density at radius 3 is 2.33 bits per heavy atom. The molecule has 39 heavy (non-hydrogen) atoms. The van der Waals surface area contributed by atoms with E-state index in [9.17, 15) is 9.90 Å². The molecule has 0 aliphatic heterocycles. The molecule has 4 aromatic rings. The average Bonchev–Trinajstić information content (AvgIpc) is 3.50. The second-order valence-electron chi connectivity index (χ2n) is 9.67. The van der Waals surface area contributed by atoms with Crippen molar-refractivity contribution in [3.8, 4) is 17.0 Å². The van der Waals surface area contributed by atoms with Gasteiger partial charge in [0.15, 0.2) is 0 Å². The van der Waals surface area contributed by atoms with Gasteiger partial charge in [0.1, 0.15) is 23.8 Å². The minimum absolute atomic E-state index is 0.0628. The highest BCUT2D eigenvalue weighted by atomic mass is 35.5. The van der Waals surface area contributed by atoms with E-state index in [1.807, 2.05) is 26.0 Å². The van der Waals surface area contributed by atoms with Crippen LogP contribution in [0.2, 0.25) is 15.1 Å². The van der Waals surface area contributed by atoms with Crippen molar-refractivity contribution in [1.29, 1.82) is 0 Å². The largest absolute Gasteiger partial charge is 0.489 e. The number of benzene rings is 3. The van der Waals surface area contributed by atoms with Crippen molar-refractivity contribution in [1.82, 2.24) is 5.16 Å². The number of halogens is 3. The number of nitrogens with zero attached hydrogens (tertiary/aromatic N) is 1. The van der Waals surface area contributed by atoms with Gasteiger partial charge in [-0.05, 0) is 59.2 Å². The Bertz CT molecular complexity index is 1570. The van der Waals surface area contributed by atoms with Gasteiger partial charge in [-0.25, -0.2) is 4.79 Å². The van der Waals surface area contributed by atoms with Gasteiger partial charge in [0.2, 0.25) is 0 Å². The highest BCUT2D eigenvalue weighted by Crippen LogP contribution is 2.54. The summed E-state index contributed by atoms with van der Waals surface area (Å²) >= 11 is 19.6. The lowest BCUT2D eigenvalue weighted by Crippen LogP contribution is -2.23. The van der Waals surface area contributed by atoms with Crippen molar-refractivity contribution in [2.45, 2.75) is 31.8 Å². The van der Waals surface area contributed by atoms with Gasteiger partial charge in [0.05, 0.1) is 31.6 Å². The standard InChI is InChI=1S/C30H25Cl3N2O4/c1-16(2)28-21(27(35-39-28)26-23(31)4-3-5-24(26)32)14-38-19-10-11-20(25(33)12-19)22-13-30(22,15-34)18-8-6-17(7-9-18)29(36)37/h3-13,16H,14-15,34H2,1-2H3,(H,36,37). The van der Waals surface area contributed by atoms with E-state index in [4.69, 9.17) is 49.8 Å². The molecule has 9 heteroatoms. The number of carboxylic acids is 1. The van der Waals surface area contributed by atoms with Gasteiger partial charge in [-0.1, -0.05) is 78.1 Å². The molecular formula is C30H25Cl3N2O4. The molecule has 1 unspecified atom stereocenters. The molecule has 3 aromatic carbocycles. The molecule has 3 N–H and O–H groups in total. The molecule has 0 spiro atoms. The molecule has 1 atom stereocenters. The highest BCUT2D eigenvalue weighted by molar-refractivity contribution is 6.39. The fourth-order valence-corrected chi connectivity index (χ4v) is 5.61. The van der Waals surface area contributed by atoms with Gasteiger partial charge in [-0.3, -0.25) is 0 Å². The predicted octanol–water partition coefficient (Wildman–Crippen LogP) is 8.00. The third-order valence-electron chi connectivity index (χ3n) is 6.91. The number of rotatable bonds is 9. The SMILES string of the molecule is CC(C)c1onc(-c2c(Cl)cccc2Cl)c1COc1ccc(C2=CC2(CN)c2ccc(C(=O)O)cc2)c(Cl)c1. The summed E-state index contributed by atoms with van der Waals surface area (Å²) in [4.78, 5) is 11.2. The first-order chi connectivity index (χ1) is 18.7. The molecule has 1 aromatic heterocycles. The zero-order valence-corrected chi connectivity index (χ0v) is 23.4. The summed E-state index contributed by atoms with van der Waals surface area (Å²) in [6.45, 7) is 4.53. The lowest BCUT2D eigenvalue weighted by molar-refractivity contribution is 0.0697. The van der Waals surface area contributed by atoms with Gasteiger partial charge in [-0.2, -0.15) is 0 Å². The third-order valence-corrected chi connectivity index (χ3v) is 7.86. The molecule has 0 fully saturated rings. The summed E-state index contributed by atoms with van der Waals surface area (Å²) in [5.41, 5.74) is 10.5. The third kappa shape index (κ3) is 5.06. The molecule has 1 heterocycles. The maximum absolute atomic E-state index is 11.2. The Morgan fingerprint density at radius 1 is 1.05 bits per heavy atom.